The highest BCUT2D eigenvalue weighted by molar-refractivity contribution is 6.26. The minimum absolute atomic E-state index is 0.464. The van der Waals surface area contributed by atoms with Crippen LogP contribution in [-0.4, -0.2) is 0 Å². The summed E-state index contributed by atoms with van der Waals surface area (Å²) in [5.74, 6) is 0. The molecule has 0 radical (unpaired) electrons. The molecule has 69 heavy (non-hydrogen) atoms. The average molecular weight is 874 g/mol. The van der Waals surface area contributed by atoms with Crippen LogP contribution in [0.4, 0.5) is 17.1 Å². The topological polar surface area (TPSA) is 3.24 Å². The molecule has 0 amide bonds. The Morgan fingerprint density at radius 3 is 1.14 bits per heavy atom. The lowest BCUT2D eigenvalue weighted by atomic mass is 9.67. The van der Waals surface area contributed by atoms with Crippen molar-refractivity contribution in [2.24, 2.45) is 0 Å². The average Bonchev–Trinajstić information content (AvgIpc) is 4.02. The van der Waals surface area contributed by atoms with E-state index in [1.54, 1.807) is 0 Å². The van der Waals surface area contributed by atoms with Crippen LogP contribution in [0.15, 0.2) is 261 Å². The molecule has 0 heterocycles. The van der Waals surface area contributed by atoms with Crippen LogP contribution in [0.2, 0.25) is 0 Å². The molecule has 320 valence electrons. The van der Waals surface area contributed by atoms with E-state index >= 15 is 0 Å². The quantitative estimate of drug-likeness (QED) is 0.156. The minimum atomic E-state index is -0.497. The number of hydrogen-bond acceptors (Lipinski definition) is 1. The van der Waals surface area contributed by atoms with Gasteiger partial charge in [-0.15, -0.1) is 0 Å². The maximum Gasteiger partial charge on any atom is 0.0726 e. The highest BCUT2D eigenvalue weighted by Crippen LogP contribution is 2.65. The van der Waals surface area contributed by atoms with Gasteiger partial charge in [0, 0.05) is 16.9 Å². The third kappa shape index (κ3) is 4.98. The zero-order valence-corrected chi connectivity index (χ0v) is 37.8. The molecule has 3 aliphatic rings. The van der Waals surface area contributed by atoms with Crippen molar-refractivity contribution >= 4 is 49.4 Å². The third-order valence-electron chi connectivity index (χ3n) is 15.9. The number of hydrogen-bond donors (Lipinski definition) is 0. The van der Waals surface area contributed by atoms with Crippen molar-refractivity contribution in [3.63, 3.8) is 0 Å². The Balaban J connectivity index is 1.01. The van der Waals surface area contributed by atoms with E-state index in [9.17, 15) is 0 Å². The third-order valence-corrected chi connectivity index (χ3v) is 15.9. The molecular weight excluding hydrogens is 831 g/mol. The van der Waals surface area contributed by atoms with Gasteiger partial charge in [-0.1, -0.05) is 231 Å². The van der Waals surface area contributed by atoms with Crippen LogP contribution in [0.3, 0.4) is 0 Å². The molecule has 0 aromatic heterocycles. The largest absolute Gasteiger partial charge is 0.310 e. The molecule has 0 saturated carbocycles. The van der Waals surface area contributed by atoms with Gasteiger partial charge in [-0.25, -0.2) is 0 Å². The second-order valence-corrected chi connectivity index (χ2v) is 19.0. The van der Waals surface area contributed by atoms with Gasteiger partial charge in [-0.05, 0) is 135 Å². The molecule has 12 aromatic carbocycles. The van der Waals surface area contributed by atoms with E-state index in [0.717, 1.165) is 17.1 Å². The molecule has 15 rings (SSSR count). The highest BCUT2D eigenvalue weighted by atomic mass is 15.1. The first-order valence-corrected chi connectivity index (χ1v) is 24.2. The molecule has 1 nitrogen and oxygen atoms in total. The van der Waals surface area contributed by atoms with Crippen molar-refractivity contribution in [3.05, 3.63) is 305 Å². The molecule has 0 atom stereocenters. The predicted octanol–water partition coefficient (Wildman–Crippen LogP) is 17.3. The maximum atomic E-state index is 2.54. The molecule has 0 aliphatic heterocycles. The first kappa shape index (κ1) is 38.3. The van der Waals surface area contributed by atoms with Crippen LogP contribution in [0.5, 0.6) is 0 Å². The lowest BCUT2D eigenvalue weighted by Crippen LogP contribution is -2.28. The summed E-state index contributed by atoms with van der Waals surface area (Å²) in [5, 5.41) is 7.58. The Kier molecular flexibility index (Phi) is 7.98. The molecule has 1 spiro atoms. The van der Waals surface area contributed by atoms with Crippen molar-refractivity contribution in [1.29, 1.82) is 0 Å². The summed E-state index contributed by atoms with van der Waals surface area (Å²) in [6.07, 6.45) is 0. The number of fused-ring (bicyclic) bond motifs is 19. The zero-order chi connectivity index (χ0) is 45.3. The van der Waals surface area contributed by atoms with Gasteiger partial charge in [0.25, 0.3) is 0 Å². The van der Waals surface area contributed by atoms with Crippen molar-refractivity contribution in [1.82, 2.24) is 0 Å². The molecule has 12 aromatic rings. The van der Waals surface area contributed by atoms with Gasteiger partial charge in [0.05, 0.1) is 16.5 Å². The molecule has 0 bridgehead atoms. The van der Waals surface area contributed by atoms with E-state index in [4.69, 9.17) is 0 Å². The Morgan fingerprint density at radius 2 is 0.609 bits per heavy atom. The van der Waals surface area contributed by atoms with Crippen LogP contribution in [0.1, 0.15) is 44.5 Å². The Hall–Kier alpha value is -8.78. The van der Waals surface area contributed by atoms with Gasteiger partial charge in [-0.3, -0.25) is 0 Å². The van der Waals surface area contributed by atoms with E-state index in [1.807, 2.05) is 0 Å². The summed E-state index contributed by atoms with van der Waals surface area (Å²) < 4.78 is 0. The first-order valence-electron chi connectivity index (χ1n) is 24.2. The summed E-state index contributed by atoms with van der Waals surface area (Å²) in [7, 11) is 0. The molecule has 3 aliphatic carbocycles. The van der Waals surface area contributed by atoms with Crippen LogP contribution in [0.25, 0.3) is 65.7 Å². The second-order valence-electron chi connectivity index (χ2n) is 19.0. The lowest BCUT2D eigenvalue weighted by Gasteiger charge is -2.35. The normalized spacial score (nSPS) is 14.0. The molecular formula is C68H43N. The molecule has 0 unspecified atom stereocenters. The fraction of sp³-hybridized carbons (Fsp3) is 0.0294. The zero-order valence-electron chi connectivity index (χ0n) is 37.8. The standard InChI is InChI=1S/C68H43N/c1-2-19-44(20-3-1)67(59-30-13-8-25-53(59)54-26-9-14-31-60(54)67)45-37-39-46(40-38-45)69(47-41-42-52-50-23-5-4-21-48(50)49-22-6-7-24-51(49)58(52)43-47)65-36-18-35-64-66(65)57-29-12-17-34-63(57)68(64)61-32-15-10-27-55(61)56-28-11-16-33-62(56)68/h1-43H. The van der Waals surface area contributed by atoms with Crippen LogP contribution in [-0.2, 0) is 10.8 Å². The van der Waals surface area contributed by atoms with Crippen LogP contribution in [0, 0.1) is 0 Å². The van der Waals surface area contributed by atoms with Gasteiger partial charge in [-0.2, -0.15) is 0 Å². The number of rotatable bonds is 5. The maximum absolute atomic E-state index is 2.54. The number of anilines is 3. The Labute approximate surface area is 401 Å². The highest BCUT2D eigenvalue weighted by Gasteiger charge is 2.52. The SMILES string of the molecule is c1ccc(C2(c3ccc(N(c4ccc5c6ccccc6c6ccccc6c5c4)c4cccc5c4-c4ccccc4C54c5ccccc5-c5ccccc54)cc3)c3ccccc3-c3ccccc32)cc1. The first-order chi connectivity index (χ1) is 34.3. The van der Waals surface area contributed by atoms with Crippen molar-refractivity contribution < 1.29 is 0 Å². The van der Waals surface area contributed by atoms with Gasteiger partial charge in [0.15, 0.2) is 0 Å². The van der Waals surface area contributed by atoms with Crippen LogP contribution < -0.4 is 4.90 Å². The summed E-state index contributed by atoms with van der Waals surface area (Å²) in [6, 6.07) is 98.1. The summed E-state index contributed by atoms with van der Waals surface area (Å²) in [4.78, 5) is 2.54. The molecule has 0 fully saturated rings. The van der Waals surface area contributed by atoms with E-state index in [0.29, 0.717) is 0 Å². The van der Waals surface area contributed by atoms with Gasteiger partial charge in [0.2, 0.25) is 0 Å². The van der Waals surface area contributed by atoms with Gasteiger partial charge in [0.1, 0.15) is 0 Å². The number of benzene rings is 12. The minimum Gasteiger partial charge on any atom is -0.310 e. The fourth-order valence-corrected chi connectivity index (χ4v) is 13.3. The second kappa shape index (κ2) is 14.4. The predicted molar refractivity (Wildman–Crippen MR) is 287 cm³/mol. The van der Waals surface area contributed by atoms with E-state index in [1.165, 1.54) is 110 Å². The van der Waals surface area contributed by atoms with Gasteiger partial charge < -0.3 is 4.90 Å². The van der Waals surface area contributed by atoms with Gasteiger partial charge >= 0.3 is 0 Å². The lowest BCUT2D eigenvalue weighted by molar-refractivity contribution is 0.768. The van der Waals surface area contributed by atoms with Crippen LogP contribution >= 0.6 is 0 Å². The molecule has 1 heteroatoms. The van der Waals surface area contributed by atoms with Crippen molar-refractivity contribution in [2.75, 3.05) is 4.90 Å². The summed E-state index contributed by atoms with van der Waals surface area (Å²) in [6.45, 7) is 0. The monoisotopic (exact) mass is 873 g/mol. The van der Waals surface area contributed by atoms with E-state index in [-0.39, 0.29) is 0 Å². The summed E-state index contributed by atoms with van der Waals surface area (Å²) >= 11 is 0. The molecule has 0 saturated heterocycles. The van der Waals surface area contributed by atoms with E-state index < -0.39 is 10.8 Å². The van der Waals surface area contributed by atoms with Crippen molar-refractivity contribution in [3.8, 4) is 33.4 Å². The van der Waals surface area contributed by atoms with E-state index in [2.05, 4.69) is 266 Å². The summed E-state index contributed by atoms with van der Waals surface area (Å²) in [5.41, 5.74) is 20.6. The Morgan fingerprint density at radius 1 is 0.232 bits per heavy atom. The van der Waals surface area contributed by atoms with Crippen molar-refractivity contribution in [2.45, 2.75) is 10.8 Å². The fourth-order valence-electron chi connectivity index (χ4n) is 13.3. The Bertz CT molecular complexity index is 3960. The smallest absolute Gasteiger partial charge is 0.0726 e. The molecule has 0 N–H and O–H groups in total. The number of nitrogens with zero attached hydrogens (tertiary/aromatic N) is 1.